The lowest BCUT2D eigenvalue weighted by Gasteiger charge is -2.47. The Morgan fingerprint density at radius 2 is 1.10 bits per heavy atom. The number of piperazine rings is 2. The Morgan fingerprint density at radius 3 is 1.65 bits per heavy atom. The van der Waals surface area contributed by atoms with E-state index in [-0.39, 0.29) is 6.54 Å². The molecule has 52 heavy (non-hydrogen) atoms. The molecule has 4 aliphatic heterocycles. The maximum atomic E-state index is 15.6. The van der Waals surface area contributed by atoms with Crippen LogP contribution in [0.15, 0.2) is 48.5 Å². The van der Waals surface area contributed by atoms with Crippen LogP contribution in [0.3, 0.4) is 0 Å². The molecule has 3 unspecified atom stereocenters. The van der Waals surface area contributed by atoms with Crippen molar-refractivity contribution in [3.63, 3.8) is 0 Å². The van der Waals surface area contributed by atoms with Crippen molar-refractivity contribution >= 4 is 0 Å². The van der Waals surface area contributed by atoms with Gasteiger partial charge in [-0.05, 0) is 100 Å². The highest BCUT2D eigenvalue weighted by Crippen LogP contribution is 2.33. The van der Waals surface area contributed by atoms with Gasteiger partial charge in [0.05, 0.1) is 12.6 Å². The van der Waals surface area contributed by atoms with E-state index in [4.69, 9.17) is 0 Å². The molecule has 0 aliphatic carbocycles. The molecular weight excluding hydrogens is 651 g/mol. The number of halogens is 2. The maximum absolute atomic E-state index is 15.6. The number of piperidine rings is 2. The molecule has 0 saturated carbocycles. The van der Waals surface area contributed by atoms with E-state index in [1.807, 2.05) is 4.90 Å². The van der Waals surface area contributed by atoms with Crippen LogP contribution in [0.5, 0.6) is 0 Å². The molecular formula is C44H70F2N6. The van der Waals surface area contributed by atoms with Crippen LogP contribution in [-0.4, -0.2) is 138 Å². The summed E-state index contributed by atoms with van der Waals surface area (Å²) in [4.78, 5) is 14.6. The van der Waals surface area contributed by atoms with Gasteiger partial charge in [-0.25, -0.2) is 8.78 Å². The Labute approximate surface area is 315 Å². The summed E-state index contributed by atoms with van der Waals surface area (Å²) in [5.41, 5.74) is 5.28. The van der Waals surface area contributed by atoms with Crippen LogP contribution in [0.4, 0.5) is 8.78 Å². The molecule has 0 spiro atoms. The molecule has 2 aromatic carbocycles. The van der Waals surface area contributed by atoms with Gasteiger partial charge in [-0.15, -0.1) is 0 Å². The van der Waals surface area contributed by atoms with E-state index in [0.717, 1.165) is 63.7 Å². The molecule has 3 atom stereocenters. The lowest BCUT2D eigenvalue weighted by Crippen LogP contribution is -2.62. The summed E-state index contributed by atoms with van der Waals surface area (Å²) >= 11 is 0. The standard InChI is InChI=1S/C44H70F2N6/c1-34(2)40-13-9-39(10-14-40)32-48-22-19-43(44(45,46)33-48)52-29-25-50(26-30-52)37(6)8-7-36(5)41-15-11-38(12-16-41)31-47-20-17-42(18-21-47)51-27-23-49(24-28-51)35(3)4/h9-16,34-37,42-43H,7-8,17-33H2,1-6H3. The zero-order chi connectivity index (χ0) is 36.8. The molecule has 0 radical (unpaired) electrons. The van der Waals surface area contributed by atoms with Crippen molar-refractivity contribution in [3.05, 3.63) is 70.8 Å². The first-order valence-corrected chi connectivity index (χ1v) is 20.9. The Balaban J connectivity index is 0.875. The molecule has 4 heterocycles. The topological polar surface area (TPSA) is 19.4 Å². The second-order valence-electron chi connectivity index (χ2n) is 17.5. The minimum Gasteiger partial charge on any atom is -0.299 e. The van der Waals surface area contributed by atoms with Gasteiger partial charge >= 0.3 is 0 Å². The molecule has 6 rings (SSSR count). The normalized spacial score (nSPS) is 25.2. The first-order valence-electron chi connectivity index (χ1n) is 20.9. The van der Waals surface area contributed by atoms with Gasteiger partial charge in [-0.1, -0.05) is 69.3 Å². The van der Waals surface area contributed by atoms with Crippen LogP contribution in [0, 0.1) is 0 Å². The Kier molecular flexibility index (Phi) is 13.9. The van der Waals surface area contributed by atoms with Crippen LogP contribution < -0.4 is 0 Å². The third-order valence-electron chi connectivity index (χ3n) is 13.2. The van der Waals surface area contributed by atoms with Crippen molar-refractivity contribution in [2.45, 2.75) is 129 Å². The van der Waals surface area contributed by atoms with Gasteiger partial charge in [-0.2, -0.15) is 0 Å². The fraction of sp³-hybridized carbons (Fsp3) is 0.727. The van der Waals surface area contributed by atoms with Crippen LogP contribution in [0.25, 0.3) is 0 Å². The predicted octanol–water partition coefficient (Wildman–Crippen LogP) is 7.60. The Morgan fingerprint density at radius 1 is 0.577 bits per heavy atom. The average molecular weight is 721 g/mol. The summed E-state index contributed by atoms with van der Waals surface area (Å²) in [6.45, 7) is 26.5. The molecule has 4 saturated heterocycles. The fourth-order valence-corrected chi connectivity index (χ4v) is 9.45. The van der Waals surface area contributed by atoms with E-state index in [9.17, 15) is 0 Å². The molecule has 0 bridgehead atoms. The van der Waals surface area contributed by atoms with E-state index >= 15 is 8.78 Å². The second kappa shape index (κ2) is 18.1. The summed E-state index contributed by atoms with van der Waals surface area (Å²) in [6, 6.07) is 19.2. The molecule has 4 fully saturated rings. The summed E-state index contributed by atoms with van der Waals surface area (Å²) in [6.07, 6.45) is 5.42. The molecule has 0 N–H and O–H groups in total. The highest BCUT2D eigenvalue weighted by Gasteiger charge is 2.48. The van der Waals surface area contributed by atoms with Crippen molar-refractivity contribution in [2.24, 2.45) is 0 Å². The number of hydrogen-bond acceptors (Lipinski definition) is 6. The predicted molar refractivity (Wildman–Crippen MR) is 212 cm³/mol. The van der Waals surface area contributed by atoms with Crippen molar-refractivity contribution < 1.29 is 8.78 Å². The van der Waals surface area contributed by atoms with Crippen LogP contribution in [0.1, 0.15) is 108 Å². The highest BCUT2D eigenvalue weighted by atomic mass is 19.3. The molecule has 8 heteroatoms. The zero-order valence-electron chi connectivity index (χ0n) is 33.5. The second-order valence-corrected chi connectivity index (χ2v) is 17.5. The number of rotatable bonds is 13. The van der Waals surface area contributed by atoms with Crippen molar-refractivity contribution in [1.82, 2.24) is 29.4 Å². The molecule has 0 aromatic heterocycles. The fourth-order valence-electron chi connectivity index (χ4n) is 9.45. The lowest BCUT2D eigenvalue weighted by atomic mass is 9.93. The minimum atomic E-state index is -2.69. The quantitative estimate of drug-likeness (QED) is 0.211. The third-order valence-corrected chi connectivity index (χ3v) is 13.2. The summed E-state index contributed by atoms with van der Waals surface area (Å²) in [5.74, 6) is -1.69. The SMILES string of the molecule is CC(C)c1ccc(CN2CCC(N3CCN(C(C)CCC(C)c4ccc(CN5CCC(N6CCN(C(C)C)CC6)CC5)cc4)CC3)C(F)(F)C2)cc1. The monoisotopic (exact) mass is 721 g/mol. The average Bonchev–Trinajstić information content (AvgIpc) is 3.14. The van der Waals surface area contributed by atoms with Gasteiger partial charge in [-0.3, -0.25) is 29.4 Å². The zero-order valence-corrected chi connectivity index (χ0v) is 33.5. The molecule has 2 aromatic rings. The number of likely N-dealkylation sites (tertiary alicyclic amines) is 2. The van der Waals surface area contributed by atoms with Gasteiger partial charge in [0.1, 0.15) is 0 Å². The number of benzene rings is 2. The third kappa shape index (κ3) is 10.4. The first kappa shape index (κ1) is 39.7. The summed E-state index contributed by atoms with van der Waals surface area (Å²) < 4.78 is 31.1. The van der Waals surface area contributed by atoms with E-state index in [1.54, 1.807) is 0 Å². The summed E-state index contributed by atoms with van der Waals surface area (Å²) in [5, 5.41) is 0. The lowest BCUT2D eigenvalue weighted by molar-refractivity contribution is -0.136. The molecule has 0 amide bonds. The number of hydrogen-bond donors (Lipinski definition) is 0. The molecule has 4 aliphatic rings. The largest absolute Gasteiger partial charge is 0.299 e. The highest BCUT2D eigenvalue weighted by molar-refractivity contribution is 5.26. The van der Waals surface area contributed by atoms with Crippen LogP contribution in [-0.2, 0) is 13.1 Å². The van der Waals surface area contributed by atoms with Gasteiger partial charge < -0.3 is 0 Å². The van der Waals surface area contributed by atoms with Gasteiger partial charge in [0.25, 0.3) is 5.92 Å². The van der Waals surface area contributed by atoms with E-state index in [2.05, 4.69) is 115 Å². The van der Waals surface area contributed by atoms with Gasteiger partial charge in [0.15, 0.2) is 0 Å². The Bertz CT molecular complexity index is 1340. The molecule has 290 valence electrons. The minimum absolute atomic E-state index is 0.144. The van der Waals surface area contributed by atoms with E-state index in [1.165, 1.54) is 68.8 Å². The van der Waals surface area contributed by atoms with Crippen molar-refractivity contribution in [3.8, 4) is 0 Å². The van der Waals surface area contributed by atoms with Gasteiger partial charge in [0.2, 0.25) is 0 Å². The molecule has 6 nitrogen and oxygen atoms in total. The first-order chi connectivity index (χ1) is 24.9. The van der Waals surface area contributed by atoms with Crippen molar-refractivity contribution in [2.75, 3.05) is 78.5 Å². The Hall–Kier alpha value is -1.94. The van der Waals surface area contributed by atoms with Crippen molar-refractivity contribution in [1.29, 1.82) is 0 Å². The van der Waals surface area contributed by atoms with E-state index < -0.39 is 12.0 Å². The summed E-state index contributed by atoms with van der Waals surface area (Å²) in [7, 11) is 0. The maximum Gasteiger partial charge on any atom is 0.275 e. The van der Waals surface area contributed by atoms with Gasteiger partial charge in [0, 0.05) is 90.1 Å². The van der Waals surface area contributed by atoms with Crippen LogP contribution >= 0.6 is 0 Å². The van der Waals surface area contributed by atoms with Crippen LogP contribution in [0.2, 0.25) is 0 Å². The number of alkyl halides is 2. The number of nitrogens with zero attached hydrogens (tertiary/aromatic N) is 6. The van der Waals surface area contributed by atoms with E-state index in [0.29, 0.717) is 36.9 Å². The smallest absolute Gasteiger partial charge is 0.275 e.